The third-order valence-electron chi connectivity index (χ3n) is 5.74. The Morgan fingerprint density at radius 1 is 1.03 bits per heavy atom. The Hall–Kier alpha value is -2.86. The van der Waals surface area contributed by atoms with Crippen molar-refractivity contribution in [2.75, 3.05) is 20.2 Å². The van der Waals surface area contributed by atoms with E-state index in [1.165, 1.54) is 11.1 Å². The van der Waals surface area contributed by atoms with Crippen LogP contribution in [0.4, 0.5) is 0 Å². The van der Waals surface area contributed by atoms with Gasteiger partial charge in [-0.25, -0.2) is 0 Å². The number of rotatable bonds is 6. The van der Waals surface area contributed by atoms with Crippen molar-refractivity contribution in [1.29, 1.82) is 0 Å². The normalized spacial score (nSPS) is 15.5. The van der Waals surface area contributed by atoms with E-state index in [-0.39, 0.29) is 5.75 Å². The molecule has 1 atom stereocenters. The number of methoxy groups -OCH3 is 1. The maximum absolute atomic E-state index is 9.81. The number of phenolic OH excluding ortho intramolecular Hbond substituents is 1. The Morgan fingerprint density at radius 3 is 2.66 bits per heavy atom. The van der Waals surface area contributed by atoms with Crippen LogP contribution in [0.25, 0.3) is 0 Å². The molecule has 0 saturated carbocycles. The van der Waals surface area contributed by atoms with E-state index in [0.29, 0.717) is 11.8 Å². The molecule has 0 aliphatic carbocycles. The molecule has 0 spiro atoms. The van der Waals surface area contributed by atoms with Gasteiger partial charge < -0.3 is 14.4 Å². The van der Waals surface area contributed by atoms with Gasteiger partial charge in [-0.15, -0.1) is 10.2 Å². The lowest BCUT2D eigenvalue weighted by Gasteiger charge is -2.27. The van der Waals surface area contributed by atoms with E-state index >= 15 is 0 Å². The number of nitrogens with zero attached hydrogens (tertiary/aromatic N) is 4. The highest BCUT2D eigenvalue weighted by atomic mass is 16.5. The van der Waals surface area contributed by atoms with Crippen LogP contribution in [0, 0.1) is 0 Å². The van der Waals surface area contributed by atoms with Crippen LogP contribution in [-0.2, 0) is 25.8 Å². The minimum atomic E-state index is 0.183. The lowest BCUT2D eigenvalue weighted by atomic mass is 10.0. The van der Waals surface area contributed by atoms with Gasteiger partial charge >= 0.3 is 0 Å². The Morgan fingerprint density at radius 2 is 1.86 bits per heavy atom. The van der Waals surface area contributed by atoms with Gasteiger partial charge in [0.1, 0.15) is 11.6 Å². The summed E-state index contributed by atoms with van der Waals surface area (Å²) in [4.78, 5) is 2.51. The SMILES string of the molecule is COc1cc(CC(C)N2CCc3nnc(Cc4ccccc4)n3CC2)ccc1O. The number of hydrogen-bond acceptors (Lipinski definition) is 5. The molecule has 0 amide bonds. The highest BCUT2D eigenvalue weighted by molar-refractivity contribution is 5.41. The van der Waals surface area contributed by atoms with Gasteiger partial charge in [-0.1, -0.05) is 36.4 Å². The lowest BCUT2D eigenvalue weighted by Crippen LogP contribution is -2.37. The first-order chi connectivity index (χ1) is 14.1. The van der Waals surface area contributed by atoms with Crippen molar-refractivity contribution in [2.45, 2.75) is 38.8 Å². The smallest absolute Gasteiger partial charge is 0.160 e. The summed E-state index contributed by atoms with van der Waals surface area (Å²) in [7, 11) is 1.58. The second-order valence-corrected chi connectivity index (χ2v) is 7.69. The van der Waals surface area contributed by atoms with Crippen molar-refractivity contribution >= 4 is 0 Å². The molecule has 29 heavy (non-hydrogen) atoms. The number of aromatic hydroxyl groups is 1. The second kappa shape index (κ2) is 8.66. The topological polar surface area (TPSA) is 63.4 Å². The van der Waals surface area contributed by atoms with Gasteiger partial charge in [-0.3, -0.25) is 4.90 Å². The van der Waals surface area contributed by atoms with Crippen molar-refractivity contribution in [3.8, 4) is 11.5 Å². The van der Waals surface area contributed by atoms with Crippen LogP contribution in [0.2, 0.25) is 0 Å². The minimum Gasteiger partial charge on any atom is -0.504 e. The summed E-state index contributed by atoms with van der Waals surface area (Å²) in [5.41, 5.74) is 2.43. The predicted molar refractivity (Wildman–Crippen MR) is 112 cm³/mol. The Labute approximate surface area is 171 Å². The molecule has 1 aromatic heterocycles. The molecule has 152 valence electrons. The summed E-state index contributed by atoms with van der Waals surface area (Å²) in [6, 6.07) is 16.4. The number of fused-ring (bicyclic) bond motifs is 1. The molecule has 0 saturated heterocycles. The summed E-state index contributed by atoms with van der Waals surface area (Å²) in [5, 5.41) is 18.7. The molecule has 1 aliphatic rings. The number of aromatic nitrogens is 3. The van der Waals surface area contributed by atoms with Crippen LogP contribution >= 0.6 is 0 Å². The van der Waals surface area contributed by atoms with Crippen LogP contribution in [-0.4, -0.2) is 51.0 Å². The lowest BCUT2D eigenvalue weighted by molar-refractivity contribution is 0.211. The maximum atomic E-state index is 9.81. The first-order valence-electron chi connectivity index (χ1n) is 10.2. The number of benzene rings is 2. The van der Waals surface area contributed by atoms with Crippen molar-refractivity contribution in [3.63, 3.8) is 0 Å². The standard InChI is InChI=1S/C23H28N4O2/c1-17(14-19-8-9-20(28)21(15-19)29-2)26-11-10-22-24-25-23(27(22)13-12-26)16-18-6-4-3-5-7-18/h3-9,15,17,28H,10-14,16H2,1-2H3. The molecule has 0 fully saturated rings. The monoisotopic (exact) mass is 392 g/mol. The molecular weight excluding hydrogens is 364 g/mol. The molecular formula is C23H28N4O2. The zero-order chi connectivity index (χ0) is 20.2. The van der Waals surface area contributed by atoms with Gasteiger partial charge in [0, 0.05) is 38.5 Å². The van der Waals surface area contributed by atoms with Gasteiger partial charge in [-0.05, 0) is 36.6 Å². The van der Waals surface area contributed by atoms with E-state index in [2.05, 4.69) is 50.9 Å². The summed E-state index contributed by atoms with van der Waals surface area (Å²) in [6.45, 7) is 5.12. The maximum Gasteiger partial charge on any atom is 0.160 e. The van der Waals surface area contributed by atoms with Gasteiger partial charge in [0.2, 0.25) is 0 Å². The molecule has 0 bridgehead atoms. The largest absolute Gasteiger partial charge is 0.504 e. The third kappa shape index (κ3) is 4.43. The van der Waals surface area contributed by atoms with E-state index in [4.69, 9.17) is 4.74 Å². The van der Waals surface area contributed by atoms with E-state index in [9.17, 15) is 5.11 Å². The van der Waals surface area contributed by atoms with Crippen LogP contribution in [0.3, 0.4) is 0 Å². The first-order valence-corrected chi connectivity index (χ1v) is 10.2. The summed E-state index contributed by atoms with van der Waals surface area (Å²) < 4.78 is 7.54. The van der Waals surface area contributed by atoms with Crippen molar-refractivity contribution < 1.29 is 9.84 Å². The average Bonchev–Trinajstić information content (AvgIpc) is 2.98. The molecule has 2 heterocycles. The molecule has 1 N–H and O–H groups in total. The van der Waals surface area contributed by atoms with E-state index in [0.717, 1.165) is 50.5 Å². The molecule has 6 nitrogen and oxygen atoms in total. The molecule has 1 aliphatic heterocycles. The molecule has 6 heteroatoms. The van der Waals surface area contributed by atoms with Crippen molar-refractivity contribution in [3.05, 3.63) is 71.3 Å². The van der Waals surface area contributed by atoms with Gasteiger partial charge in [-0.2, -0.15) is 0 Å². The number of ether oxygens (including phenoxy) is 1. The Balaban J connectivity index is 1.42. The summed E-state index contributed by atoms with van der Waals surface area (Å²) >= 11 is 0. The van der Waals surface area contributed by atoms with Gasteiger partial charge in [0.05, 0.1) is 7.11 Å². The Kier molecular flexibility index (Phi) is 5.81. The van der Waals surface area contributed by atoms with Crippen LogP contribution in [0.15, 0.2) is 48.5 Å². The van der Waals surface area contributed by atoms with Gasteiger partial charge in [0.25, 0.3) is 0 Å². The number of phenols is 1. The molecule has 1 unspecified atom stereocenters. The van der Waals surface area contributed by atoms with Gasteiger partial charge in [0.15, 0.2) is 11.5 Å². The Bertz CT molecular complexity index is 955. The second-order valence-electron chi connectivity index (χ2n) is 7.69. The third-order valence-corrected chi connectivity index (χ3v) is 5.74. The van der Waals surface area contributed by atoms with Crippen molar-refractivity contribution in [1.82, 2.24) is 19.7 Å². The van der Waals surface area contributed by atoms with E-state index in [1.807, 2.05) is 18.2 Å². The van der Waals surface area contributed by atoms with Crippen molar-refractivity contribution in [2.24, 2.45) is 0 Å². The highest BCUT2D eigenvalue weighted by Gasteiger charge is 2.22. The quantitative estimate of drug-likeness (QED) is 0.699. The molecule has 3 aromatic rings. The highest BCUT2D eigenvalue weighted by Crippen LogP contribution is 2.27. The molecule has 4 rings (SSSR count). The van der Waals surface area contributed by atoms with E-state index < -0.39 is 0 Å². The van der Waals surface area contributed by atoms with E-state index in [1.54, 1.807) is 13.2 Å². The fourth-order valence-corrected chi connectivity index (χ4v) is 4.07. The summed E-state index contributed by atoms with van der Waals surface area (Å²) in [5.74, 6) is 2.84. The zero-order valence-corrected chi connectivity index (χ0v) is 17.1. The molecule has 2 aromatic carbocycles. The fourth-order valence-electron chi connectivity index (χ4n) is 4.07. The zero-order valence-electron chi connectivity index (χ0n) is 17.1. The first kappa shape index (κ1) is 19.5. The van der Waals surface area contributed by atoms with Crippen LogP contribution in [0.5, 0.6) is 11.5 Å². The predicted octanol–water partition coefficient (Wildman–Crippen LogP) is 3.07. The molecule has 0 radical (unpaired) electrons. The fraction of sp³-hybridized carbons (Fsp3) is 0.391. The average molecular weight is 393 g/mol. The number of hydrogen-bond donors (Lipinski definition) is 1. The van der Waals surface area contributed by atoms with Crippen LogP contribution in [0.1, 0.15) is 29.7 Å². The van der Waals surface area contributed by atoms with Crippen LogP contribution < -0.4 is 4.74 Å². The minimum absolute atomic E-state index is 0.183. The summed E-state index contributed by atoms with van der Waals surface area (Å²) in [6.07, 6.45) is 2.63.